The van der Waals surface area contributed by atoms with Crippen molar-refractivity contribution in [2.75, 3.05) is 6.61 Å². The van der Waals surface area contributed by atoms with Gasteiger partial charge in [-0.15, -0.1) is 11.3 Å². The number of alkyl carbamates (subject to hydrolysis) is 1. The minimum absolute atomic E-state index is 0.0755. The fourth-order valence-electron chi connectivity index (χ4n) is 4.24. The van der Waals surface area contributed by atoms with Crippen molar-refractivity contribution < 1.29 is 24.2 Å². The lowest BCUT2D eigenvalue weighted by atomic mass is 9.98. The molecule has 2 aromatic carbocycles. The van der Waals surface area contributed by atoms with Gasteiger partial charge in [0.05, 0.1) is 12.5 Å². The van der Waals surface area contributed by atoms with Crippen molar-refractivity contribution in [1.29, 1.82) is 0 Å². The van der Waals surface area contributed by atoms with Crippen LogP contribution in [0.1, 0.15) is 46.2 Å². The van der Waals surface area contributed by atoms with Gasteiger partial charge < -0.3 is 20.5 Å². The smallest absolute Gasteiger partial charge is 0.407 e. The zero-order valence-electron chi connectivity index (χ0n) is 18.9. The van der Waals surface area contributed by atoms with E-state index in [0.29, 0.717) is 0 Å². The van der Waals surface area contributed by atoms with Crippen LogP contribution in [0.4, 0.5) is 4.79 Å². The maximum Gasteiger partial charge on any atom is 0.407 e. The lowest BCUT2D eigenvalue weighted by Crippen LogP contribution is -2.48. The first-order chi connectivity index (χ1) is 16.3. The van der Waals surface area contributed by atoms with Crippen LogP contribution in [-0.4, -0.2) is 35.7 Å². The molecule has 0 saturated carbocycles. The van der Waals surface area contributed by atoms with E-state index in [9.17, 15) is 19.5 Å². The maximum atomic E-state index is 12.8. The second-order valence-electron chi connectivity index (χ2n) is 8.30. The summed E-state index contributed by atoms with van der Waals surface area (Å²) in [6.45, 7) is 3.86. The van der Waals surface area contributed by atoms with Gasteiger partial charge in [-0.1, -0.05) is 48.5 Å². The molecule has 0 bridgehead atoms. The second-order valence-corrected chi connectivity index (χ2v) is 9.62. The number of carboxylic acid groups (broad SMARTS) is 1. The van der Waals surface area contributed by atoms with Gasteiger partial charge in [0.25, 0.3) is 0 Å². The number of hydrogen-bond donors (Lipinski definition) is 3. The van der Waals surface area contributed by atoms with Gasteiger partial charge in [0, 0.05) is 15.7 Å². The van der Waals surface area contributed by atoms with Crippen LogP contribution in [0.25, 0.3) is 11.1 Å². The molecule has 1 aromatic heterocycles. The molecule has 4 rings (SSSR count). The second kappa shape index (κ2) is 10.1. The molecule has 3 aromatic rings. The summed E-state index contributed by atoms with van der Waals surface area (Å²) in [6, 6.07) is 18.2. The largest absolute Gasteiger partial charge is 0.481 e. The van der Waals surface area contributed by atoms with Crippen molar-refractivity contribution in [3.8, 4) is 11.1 Å². The SMILES string of the molecule is Cc1ccc(C(C)NC(=O)C(CC(=O)O)NC(=O)OCC2c3ccccc3-c3ccccc32)s1. The summed E-state index contributed by atoms with van der Waals surface area (Å²) >= 11 is 1.55. The highest BCUT2D eigenvalue weighted by molar-refractivity contribution is 7.12. The van der Waals surface area contributed by atoms with E-state index >= 15 is 0 Å². The molecule has 2 amide bonds. The highest BCUT2D eigenvalue weighted by atomic mass is 32.1. The Balaban J connectivity index is 1.40. The third-order valence-electron chi connectivity index (χ3n) is 5.88. The number of ether oxygens (including phenoxy) is 1. The van der Waals surface area contributed by atoms with Crippen molar-refractivity contribution in [2.24, 2.45) is 0 Å². The van der Waals surface area contributed by atoms with Crippen LogP contribution >= 0.6 is 11.3 Å². The van der Waals surface area contributed by atoms with E-state index in [0.717, 1.165) is 32.0 Å². The molecule has 2 unspecified atom stereocenters. The van der Waals surface area contributed by atoms with Gasteiger partial charge >= 0.3 is 12.1 Å². The standard InChI is InChI=1S/C26H26N2O5S/c1-15-11-12-23(34-15)16(2)27-25(31)22(13-24(29)30)28-26(32)33-14-21-19-9-5-3-7-17(19)18-8-4-6-10-20(18)21/h3-12,16,21-22H,13-14H2,1-2H3,(H,27,31)(H,28,32)(H,29,30). The fraction of sp³-hybridized carbons (Fsp3) is 0.269. The van der Waals surface area contributed by atoms with Gasteiger partial charge in [0.1, 0.15) is 12.6 Å². The van der Waals surface area contributed by atoms with Crippen molar-refractivity contribution in [2.45, 2.75) is 38.3 Å². The van der Waals surface area contributed by atoms with Crippen molar-refractivity contribution in [3.05, 3.63) is 81.5 Å². The summed E-state index contributed by atoms with van der Waals surface area (Å²) in [5.74, 6) is -1.90. The number of fused-ring (bicyclic) bond motifs is 3. The Bertz CT molecular complexity index is 1180. The highest BCUT2D eigenvalue weighted by Gasteiger charge is 2.30. The Kier molecular flexibility index (Phi) is 6.98. The minimum atomic E-state index is -1.25. The Labute approximate surface area is 201 Å². The van der Waals surface area contributed by atoms with Crippen molar-refractivity contribution in [1.82, 2.24) is 10.6 Å². The van der Waals surface area contributed by atoms with E-state index in [4.69, 9.17) is 4.74 Å². The quantitative estimate of drug-likeness (QED) is 0.438. The first kappa shape index (κ1) is 23.5. The lowest BCUT2D eigenvalue weighted by Gasteiger charge is -2.20. The number of benzene rings is 2. The third-order valence-corrected chi connectivity index (χ3v) is 7.06. The van der Waals surface area contributed by atoms with Gasteiger partial charge in [-0.2, -0.15) is 0 Å². The number of aryl methyl sites for hydroxylation is 1. The minimum Gasteiger partial charge on any atom is -0.481 e. The van der Waals surface area contributed by atoms with Crippen molar-refractivity contribution >= 4 is 29.3 Å². The number of amides is 2. The summed E-state index contributed by atoms with van der Waals surface area (Å²) in [5.41, 5.74) is 4.34. The molecule has 176 valence electrons. The predicted octanol–water partition coefficient (Wildman–Crippen LogP) is 4.62. The number of aliphatic carboxylic acids is 1. The van der Waals surface area contributed by atoms with Crippen LogP contribution in [0.3, 0.4) is 0 Å². The summed E-state index contributed by atoms with van der Waals surface area (Å²) < 4.78 is 5.47. The Morgan fingerprint density at radius 2 is 1.59 bits per heavy atom. The number of hydrogen-bond acceptors (Lipinski definition) is 5. The van der Waals surface area contributed by atoms with Crippen LogP contribution in [0.5, 0.6) is 0 Å². The van der Waals surface area contributed by atoms with Crippen LogP contribution in [-0.2, 0) is 14.3 Å². The number of carbonyl (C=O) groups excluding carboxylic acids is 2. The maximum absolute atomic E-state index is 12.8. The molecule has 0 aliphatic heterocycles. The van der Waals surface area contributed by atoms with Gasteiger partial charge in [-0.05, 0) is 48.2 Å². The molecular formula is C26H26N2O5S. The average Bonchev–Trinajstić information content (AvgIpc) is 3.38. The monoisotopic (exact) mass is 478 g/mol. The molecule has 0 saturated heterocycles. The molecular weight excluding hydrogens is 452 g/mol. The summed E-state index contributed by atoms with van der Waals surface area (Å²) in [5, 5.41) is 14.5. The molecule has 3 N–H and O–H groups in total. The Morgan fingerprint density at radius 1 is 0.971 bits per heavy atom. The molecule has 8 heteroatoms. The van der Waals surface area contributed by atoms with Crippen molar-refractivity contribution in [3.63, 3.8) is 0 Å². The van der Waals surface area contributed by atoms with Crippen LogP contribution in [0.15, 0.2) is 60.7 Å². The highest BCUT2D eigenvalue weighted by Crippen LogP contribution is 2.44. The average molecular weight is 479 g/mol. The summed E-state index contributed by atoms with van der Waals surface area (Å²) in [4.78, 5) is 38.7. The molecule has 0 spiro atoms. The summed E-state index contributed by atoms with van der Waals surface area (Å²) in [7, 11) is 0. The van der Waals surface area contributed by atoms with E-state index in [1.54, 1.807) is 11.3 Å². The first-order valence-electron chi connectivity index (χ1n) is 11.0. The first-order valence-corrected chi connectivity index (χ1v) is 11.8. The van der Waals surface area contributed by atoms with E-state index < -0.39 is 30.4 Å². The van der Waals surface area contributed by atoms with Gasteiger partial charge in [-0.25, -0.2) is 4.79 Å². The third kappa shape index (κ3) is 5.12. The molecule has 2 atom stereocenters. The van der Waals surface area contributed by atoms with E-state index in [2.05, 4.69) is 10.6 Å². The van der Waals surface area contributed by atoms with Gasteiger partial charge in [0.2, 0.25) is 5.91 Å². The zero-order chi connectivity index (χ0) is 24.2. The van der Waals surface area contributed by atoms with Gasteiger partial charge in [0.15, 0.2) is 0 Å². The van der Waals surface area contributed by atoms with Gasteiger partial charge in [-0.3, -0.25) is 9.59 Å². The molecule has 1 aliphatic rings. The summed E-state index contributed by atoms with van der Waals surface area (Å²) in [6.07, 6.45) is -1.38. The molecule has 34 heavy (non-hydrogen) atoms. The Hall–Kier alpha value is -3.65. The molecule has 0 radical (unpaired) electrons. The number of rotatable bonds is 8. The molecule has 7 nitrogen and oxygen atoms in total. The number of carbonyl (C=O) groups is 3. The predicted molar refractivity (Wildman–Crippen MR) is 130 cm³/mol. The normalized spacial score (nSPS) is 13.9. The van der Waals surface area contributed by atoms with E-state index in [1.807, 2.05) is 74.5 Å². The molecule has 1 heterocycles. The molecule has 0 fully saturated rings. The topological polar surface area (TPSA) is 105 Å². The molecule has 1 aliphatic carbocycles. The Morgan fingerprint density at radius 3 is 2.15 bits per heavy atom. The fourth-order valence-corrected chi connectivity index (χ4v) is 5.12. The van der Waals surface area contributed by atoms with E-state index in [-0.39, 0.29) is 18.6 Å². The van der Waals surface area contributed by atoms with Crippen LogP contribution < -0.4 is 10.6 Å². The van der Waals surface area contributed by atoms with Crippen LogP contribution in [0.2, 0.25) is 0 Å². The number of carboxylic acids is 1. The zero-order valence-corrected chi connectivity index (χ0v) is 19.7. The number of nitrogens with one attached hydrogen (secondary N) is 2. The lowest BCUT2D eigenvalue weighted by molar-refractivity contribution is -0.140. The van der Waals surface area contributed by atoms with E-state index in [1.165, 1.54) is 0 Å². The number of thiophene rings is 1. The van der Waals surface area contributed by atoms with Crippen LogP contribution in [0, 0.1) is 6.92 Å².